The van der Waals surface area contributed by atoms with Crippen LogP contribution in [0.3, 0.4) is 0 Å². The molecule has 0 spiro atoms. The standard InChI is InChI=1S/C14H19ClN2O/c1-9-6-5-7-12-13(9)16-14(11(3)15)17(12)10(2)8-18-4/h5-7,10-11H,8H2,1-4H3. The highest BCUT2D eigenvalue weighted by molar-refractivity contribution is 6.20. The Hall–Kier alpha value is -1.06. The van der Waals surface area contributed by atoms with E-state index in [0.29, 0.717) is 6.61 Å². The summed E-state index contributed by atoms with van der Waals surface area (Å²) in [5.41, 5.74) is 3.33. The first-order chi connectivity index (χ1) is 8.56. The van der Waals surface area contributed by atoms with Crippen molar-refractivity contribution in [3.8, 4) is 0 Å². The normalized spacial score (nSPS) is 14.9. The first-order valence-electron chi connectivity index (χ1n) is 6.16. The van der Waals surface area contributed by atoms with Crippen molar-refractivity contribution < 1.29 is 4.74 Å². The Balaban J connectivity index is 2.66. The molecular formula is C14H19ClN2O. The molecule has 0 N–H and O–H groups in total. The molecule has 98 valence electrons. The number of hydrogen-bond donors (Lipinski definition) is 0. The summed E-state index contributed by atoms with van der Waals surface area (Å²) < 4.78 is 7.43. The third-order valence-corrected chi connectivity index (χ3v) is 3.35. The van der Waals surface area contributed by atoms with E-state index < -0.39 is 0 Å². The predicted molar refractivity (Wildman–Crippen MR) is 75.3 cm³/mol. The molecule has 1 aromatic heterocycles. The molecule has 0 fully saturated rings. The minimum atomic E-state index is -0.115. The van der Waals surface area contributed by atoms with Crippen LogP contribution < -0.4 is 0 Å². The van der Waals surface area contributed by atoms with E-state index in [0.717, 1.165) is 16.9 Å². The van der Waals surface area contributed by atoms with Crippen LogP contribution in [0, 0.1) is 6.92 Å². The minimum absolute atomic E-state index is 0.115. The molecule has 18 heavy (non-hydrogen) atoms. The Bertz CT molecular complexity index is 548. The van der Waals surface area contributed by atoms with Crippen LogP contribution in [0.5, 0.6) is 0 Å². The Morgan fingerprint density at radius 1 is 1.39 bits per heavy atom. The zero-order chi connectivity index (χ0) is 13.3. The lowest BCUT2D eigenvalue weighted by molar-refractivity contribution is 0.162. The fraction of sp³-hybridized carbons (Fsp3) is 0.500. The number of rotatable bonds is 4. The van der Waals surface area contributed by atoms with Crippen LogP contribution in [0.15, 0.2) is 18.2 Å². The first-order valence-corrected chi connectivity index (χ1v) is 6.60. The van der Waals surface area contributed by atoms with Gasteiger partial charge < -0.3 is 9.30 Å². The highest BCUT2D eigenvalue weighted by atomic mass is 35.5. The summed E-state index contributed by atoms with van der Waals surface area (Å²) >= 11 is 6.25. The summed E-state index contributed by atoms with van der Waals surface area (Å²) in [5, 5.41) is -0.115. The second kappa shape index (κ2) is 5.29. The van der Waals surface area contributed by atoms with Crippen LogP contribution in [-0.4, -0.2) is 23.3 Å². The number of aryl methyl sites for hydroxylation is 1. The number of para-hydroxylation sites is 1. The van der Waals surface area contributed by atoms with Gasteiger partial charge in [-0.25, -0.2) is 4.98 Å². The van der Waals surface area contributed by atoms with Crippen LogP contribution in [0.2, 0.25) is 0 Å². The molecule has 0 radical (unpaired) electrons. The van der Waals surface area contributed by atoms with Gasteiger partial charge in [-0.15, -0.1) is 11.6 Å². The zero-order valence-electron chi connectivity index (χ0n) is 11.3. The number of fused-ring (bicyclic) bond motifs is 1. The van der Waals surface area contributed by atoms with E-state index in [-0.39, 0.29) is 11.4 Å². The van der Waals surface area contributed by atoms with Gasteiger partial charge in [0.25, 0.3) is 0 Å². The van der Waals surface area contributed by atoms with Gasteiger partial charge in [0.2, 0.25) is 0 Å². The lowest BCUT2D eigenvalue weighted by atomic mass is 10.2. The van der Waals surface area contributed by atoms with Crippen molar-refractivity contribution in [1.82, 2.24) is 9.55 Å². The molecule has 0 aliphatic carbocycles. The smallest absolute Gasteiger partial charge is 0.128 e. The summed E-state index contributed by atoms with van der Waals surface area (Å²) in [7, 11) is 1.71. The van der Waals surface area contributed by atoms with Crippen LogP contribution in [0.1, 0.15) is 36.7 Å². The van der Waals surface area contributed by atoms with E-state index in [1.807, 2.05) is 6.92 Å². The van der Waals surface area contributed by atoms with E-state index in [1.165, 1.54) is 5.56 Å². The molecule has 2 aromatic rings. The number of imidazole rings is 1. The molecule has 0 saturated carbocycles. The fourth-order valence-corrected chi connectivity index (χ4v) is 2.49. The predicted octanol–water partition coefficient (Wildman–Crippen LogP) is 3.85. The average Bonchev–Trinajstić information content (AvgIpc) is 2.70. The maximum absolute atomic E-state index is 6.25. The third kappa shape index (κ3) is 2.25. The molecule has 2 unspecified atom stereocenters. The molecule has 0 aliphatic rings. The number of aromatic nitrogens is 2. The van der Waals surface area contributed by atoms with Gasteiger partial charge in [0.05, 0.1) is 29.1 Å². The molecule has 3 nitrogen and oxygen atoms in total. The number of halogens is 1. The Morgan fingerprint density at radius 2 is 2.11 bits per heavy atom. The van der Waals surface area contributed by atoms with Gasteiger partial charge in [-0.3, -0.25) is 0 Å². The largest absolute Gasteiger partial charge is 0.383 e. The topological polar surface area (TPSA) is 27.1 Å². The maximum atomic E-state index is 6.25. The van der Waals surface area contributed by atoms with Crippen molar-refractivity contribution in [3.63, 3.8) is 0 Å². The fourth-order valence-electron chi connectivity index (χ4n) is 2.33. The highest BCUT2D eigenvalue weighted by Gasteiger charge is 2.19. The second-order valence-corrected chi connectivity index (χ2v) is 5.36. The van der Waals surface area contributed by atoms with Crippen molar-refractivity contribution in [2.45, 2.75) is 32.2 Å². The number of benzene rings is 1. The Kier molecular flexibility index (Phi) is 3.93. The highest BCUT2D eigenvalue weighted by Crippen LogP contribution is 2.29. The molecule has 0 amide bonds. The SMILES string of the molecule is COCC(C)n1c(C(C)Cl)nc2c(C)cccc21. The van der Waals surface area contributed by atoms with Crippen molar-refractivity contribution in [2.75, 3.05) is 13.7 Å². The molecule has 2 atom stereocenters. The van der Waals surface area contributed by atoms with Crippen LogP contribution in [0.4, 0.5) is 0 Å². The lowest BCUT2D eigenvalue weighted by Crippen LogP contribution is -2.14. The maximum Gasteiger partial charge on any atom is 0.128 e. The quantitative estimate of drug-likeness (QED) is 0.786. The van der Waals surface area contributed by atoms with Gasteiger partial charge in [0.15, 0.2) is 0 Å². The van der Waals surface area contributed by atoms with Crippen molar-refractivity contribution in [1.29, 1.82) is 0 Å². The summed E-state index contributed by atoms with van der Waals surface area (Å²) in [5.74, 6) is 0.908. The van der Waals surface area contributed by atoms with E-state index >= 15 is 0 Å². The number of hydrogen-bond acceptors (Lipinski definition) is 2. The molecule has 0 saturated heterocycles. The second-order valence-electron chi connectivity index (χ2n) is 4.70. The van der Waals surface area contributed by atoms with E-state index in [2.05, 4.69) is 36.6 Å². The van der Waals surface area contributed by atoms with Crippen molar-refractivity contribution in [3.05, 3.63) is 29.6 Å². The Labute approximate surface area is 113 Å². The molecule has 2 rings (SSSR count). The van der Waals surface area contributed by atoms with Crippen LogP contribution >= 0.6 is 11.6 Å². The molecule has 1 heterocycles. The summed E-state index contributed by atoms with van der Waals surface area (Å²) in [4.78, 5) is 4.69. The van der Waals surface area contributed by atoms with Gasteiger partial charge in [-0.1, -0.05) is 12.1 Å². The third-order valence-electron chi connectivity index (χ3n) is 3.15. The zero-order valence-corrected chi connectivity index (χ0v) is 12.0. The summed E-state index contributed by atoms with van der Waals surface area (Å²) in [6, 6.07) is 6.43. The number of methoxy groups -OCH3 is 1. The number of alkyl halides is 1. The molecular weight excluding hydrogens is 248 g/mol. The van der Waals surface area contributed by atoms with Crippen LogP contribution in [0.25, 0.3) is 11.0 Å². The molecule has 4 heteroatoms. The molecule has 1 aromatic carbocycles. The molecule has 0 bridgehead atoms. The minimum Gasteiger partial charge on any atom is -0.383 e. The van der Waals surface area contributed by atoms with Gasteiger partial charge in [0.1, 0.15) is 5.82 Å². The van der Waals surface area contributed by atoms with Gasteiger partial charge >= 0.3 is 0 Å². The lowest BCUT2D eigenvalue weighted by Gasteiger charge is -2.17. The van der Waals surface area contributed by atoms with E-state index in [1.54, 1.807) is 7.11 Å². The van der Waals surface area contributed by atoms with Crippen molar-refractivity contribution in [2.24, 2.45) is 0 Å². The number of nitrogens with zero attached hydrogens (tertiary/aromatic N) is 2. The molecule has 0 aliphatic heterocycles. The van der Waals surface area contributed by atoms with Crippen LogP contribution in [-0.2, 0) is 4.74 Å². The Morgan fingerprint density at radius 3 is 2.72 bits per heavy atom. The first kappa shape index (κ1) is 13.4. The van der Waals surface area contributed by atoms with Gasteiger partial charge in [-0.05, 0) is 32.4 Å². The summed E-state index contributed by atoms with van der Waals surface area (Å²) in [6.07, 6.45) is 0. The monoisotopic (exact) mass is 266 g/mol. The van der Waals surface area contributed by atoms with Gasteiger partial charge in [-0.2, -0.15) is 0 Å². The summed E-state index contributed by atoms with van der Waals surface area (Å²) in [6.45, 7) is 6.79. The van der Waals surface area contributed by atoms with Gasteiger partial charge in [0, 0.05) is 7.11 Å². The number of ether oxygens (including phenoxy) is 1. The van der Waals surface area contributed by atoms with E-state index in [9.17, 15) is 0 Å². The van der Waals surface area contributed by atoms with E-state index in [4.69, 9.17) is 21.3 Å². The van der Waals surface area contributed by atoms with Crippen molar-refractivity contribution >= 4 is 22.6 Å². The average molecular weight is 267 g/mol.